The van der Waals surface area contributed by atoms with Gasteiger partial charge in [0.2, 0.25) is 6.10 Å². The Balaban J connectivity index is 2.38. The number of hydrogen-bond acceptors (Lipinski definition) is 3. The number of amides is 1. The van der Waals surface area contributed by atoms with E-state index >= 15 is 0 Å². The lowest BCUT2D eigenvalue weighted by molar-refractivity contribution is -0.129. The van der Waals surface area contributed by atoms with Crippen molar-refractivity contribution >= 4 is 17.9 Å². The molecular formula is C9H7NO3. The van der Waals surface area contributed by atoms with Gasteiger partial charge in [0.05, 0.1) is 5.69 Å². The van der Waals surface area contributed by atoms with Gasteiger partial charge in [0.15, 0.2) is 6.29 Å². The van der Waals surface area contributed by atoms with Crippen molar-refractivity contribution in [3.05, 3.63) is 24.3 Å². The maximum Gasteiger partial charge on any atom is 0.273 e. The quantitative estimate of drug-likeness (QED) is 0.504. The van der Waals surface area contributed by atoms with Crippen LogP contribution in [0.3, 0.4) is 0 Å². The van der Waals surface area contributed by atoms with Gasteiger partial charge in [-0.05, 0) is 12.1 Å². The summed E-state index contributed by atoms with van der Waals surface area (Å²) in [6.45, 7) is 0. The van der Waals surface area contributed by atoms with Crippen molar-refractivity contribution in [3.63, 3.8) is 0 Å². The summed E-state index contributed by atoms with van der Waals surface area (Å²) in [6, 6.07) is 6.97. The van der Waals surface area contributed by atoms with E-state index in [-0.39, 0.29) is 0 Å². The molecule has 66 valence electrons. The first-order valence-electron chi connectivity index (χ1n) is 3.83. The summed E-state index contributed by atoms with van der Waals surface area (Å²) in [5.74, 6) is 0.105. The number of fused-ring (bicyclic) bond motifs is 1. The Hall–Kier alpha value is -1.84. The Morgan fingerprint density at radius 3 is 2.92 bits per heavy atom. The third-order valence-electron chi connectivity index (χ3n) is 1.78. The van der Waals surface area contributed by atoms with Gasteiger partial charge < -0.3 is 10.1 Å². The number of para-hydroxylation sites is 2. The summed E-state index contributed by atoms with van der Waals surface area (Å²) in [5, 5.41) is 2.57. The number of nitrogens with one attached hydrogen (secondary N) is 1. The highest BCUT2D eigenvalue weighted by atomic mass is 16.5. The molecule has 0 aliphatic carbocycles. The minimum Gasteiger partial charge on any atom is -0.471 e. The van der Waals surface area contributed by atoms with Crippen LogP contribution >= 0.6 is 0 Å². The lowest BCUT2D eigenvalue weighted by Crippen LogP contribution is -2.37. The molecule has 4 heteroatoms. The van der Waals surface area contributed by atoms with E-state index in [1.807, 2.05) is 0 Å². The number of anilines is 1. The molecule has 1 aromatic carbocycles. The van der Waals surface area contributed by atoms with E-state index < -0.39 is 12.0 Å². The standard InChI is InChI=1S/C9H7NO3/c11-5-8-9(12)10-6-3-1-2-4-7(6)13-8/h1-5,8H,(H,10,12). The molecule has 1 aliphatic rings. The highest BCUT2D eigenvalue weighted by molar-refractivity contribution is 6.05. The molecule has 0 fully saturated rings. The van der Waals surface area contributed by atoms with Crippen LogP contribution in [-0.2, 0) is 9.59 Å². The minimum absolute atomic E-state index is 0.422. The second kappa shape index (κ2) is 2.90. The number of ether oxygens (including phenoxy) is 1. The van der Waals surface area contributed by atoms with Crippen LogP contribution in [0, 0.1) is 0 Å². The van der Waals surface area contributed by atoms with Crippen LogP contribution < -0.4 is 10.1 Å². The van der Waals surface area contributed by atoms with E-state index in [0.717, 1.165) is 0 Å². The van der Waals surface area contributed by atoms with Crippen molar-refractivity contribution < 1.29 is 14.3 Å². The highest BCUT2D eigenvalue weighted by Gasteiger charge is 2.26. The predicted molar refractivity (Wildman–Crippen MR) is 45.6 cm³/mol. The van der Waals surface area contributed by atoms with E-state index in [2.05, 4.69) is 5.32 Å². The fourth-order valence-electron chi connectivity index (χ4n) is 1.16. The van der Waals surface area contributed by atoms with Crippen molar-refractivity contribution in [3.8, 4) is 5.75 Å². The second-order valence-electron chi connectivity index (χ2n) is 2.66. The molecule has 0 saturated heterocycles. The van der Waals surface area contributed by atoms with E-state index in [0.29, 0.717) is 17.7 Å². The van der Waals surface area contributed by atoms with E-state index in [1.165, 1.54) is 0 Å². The van der Waals surface area contributed by atoms with Gasteiger partial charge in [-0.1, -0.05) is 12.1 Å². The number of carbonyl (C=O) groups is 2. The molecule has 0 aromatic heterocycles. The predicted octanol–water partition coefficient (Wildman–Crippen LogP) is 0.585. The molecule has 0 saturated carbocycles. The van der Waals surface area contributed by atoms with Crippen molar-refractivity contribution in [2.45, 2.75) is 6.10 Å². The summed E-state index contributed by atoms with van der Waals surface area (Å²) in [4.78, 5) is 21.5. The molecule has 1 atom stereocenters. The van der Waals surface area contributed by atoms with Gasteiger partial charge in [-0.3, -0.25) is 9.59 Å². The van der Waals surface area contributed by atoms with E-state index in [9.17, 15) is 9.59 Å². The van der Waals surface area contributed by atoms with Crippen LogP contribution in [0.15, 0.2) is 24.3 Å². The molecule has 0 radical (unpaired) electrons. The lowest BCUT2D eigenvalue weighted by atomic mass is 10.2. The number of aldehydes is 1. The van der Waals surface area contributed by atoms with Crippen LogP contribution in [0.25, 0.3) is 0 Å². The SMILES string of the molecule is O=CC1Oc2ccccc2NC1=O. The average molecular weight is 177 g/mol. The molecule has 1 amide bonds. The Bertz CT molecular complexity index is 362. The zero-order valence-electron chi connectivity index (χ0n) is 6.69. The first kappa shape index (κ1) is 7.79. The molecule has 2 rings (SSSR count). The van der Waals surface area contributed by atoms with Gasteiger partial charge in [-0.25, -0.2) is 0 Å². The molecule has 13 heavy (non-hydrogen) atoms. The number of carbonyl (C=O) groups excluding carboxylic acids is 2. The van der Waals surface area contributed by atoms with Gasteiger partial charge in [0.1, 0.15) is 5.75 Å². The fourth-order valence-corrected chi connectivity index (χ4v) is 1.16. The molecule has 1 heterocycles. The number of rotatable bonds is 1. The molecule has 4 nitrogen and oxygen atoms in total. The Morgan fingerprint density at radius 2 is 2.15 bits per heavy atom. The number of benzene rings is 1. The van der Waals surface area contributed by atoms with Crippen molar-refractivity contribution in [2.24, 2.45) is 0 Å². The van der Waals surface area contributed by atoms with Crippen LogP contribution in [0.1, 0.15) is 0 Å². The zero-order valence-corrected chi connectivity index (χ0v) is 6.69. The maximum absolute atomic E-state index is 11.1. The summed E-state index contributed by atoms with van der Waals surface area (Å²) < 4.78 is 5.11. The fraction of sp³-hybridized carbons (Fsp3) is 0.111. The largest absolute Gasteiger partial charge is 0.471 e. The molecular weight excluding hydrogens is 170 g/mol. The normalized spacial score (nSPS) is 19.7. The summed E-state index contributed by atoms with van der Waals surface area (Å²) >= 11 is 0. The summed E-state index contributed by atoms with van der Waals surface area (Å²) in [6.07, 6.45) is -0.541. The molecule has 0 spiro atoms. The van der Waals surface area contributed by atoms with E-state index in [1.54, 1.807) is 24.3 Å². The molecule has 1 N–H and O–H groups in total. The molecule has 1 aliphatic heterocycles. The van der Waals surface area contributed by atoms with Crippen molar-refractivity contribution in [1.29, 1.82) is 0 Å². The van der Waals surface area contributed by atoms with Gasteiger partial charge >= 0.3 is 0 Å². The first-order chi connectivity index (χ1) is 6.31. The van der Waals surface area contributed by atoms with Gasteiger partial charge in [-0.2, -0.15) is 0 Å². The second-order valence-corrected chi connectivity index (χ2v) is 2.66. The molecule has 0 bridgehead atoms. The molecule has 1 unspecified atom stereocenters. The average Bonchev–Trinajstić information content (AvgIpc) is 2.17. The Kier molecular flexibility index (Phi) is 1.73. The summed E-state index contributed by atoms with van der Waals surface area (Å²) in [5.41, 5.74) is 0.602. The van der Waals surface area contributed by atoms with Gasteiger partial charge in [0.25, 0.3) is 5.91 Å². The lowest BCUT2D eigenvalue weighted by Gasteiger charge is -2.21. The van der Waals surface area contributed by atoms with Crippen LogP contribution in [0.2, 0.25) is 0 Å². The van der Waals surface area contributed by atoms with Crippen LogP contribution in [0.5, 0.6) is 5.75 Å². The first-order valence-corrected chi connectivity index (χ1v) is 3.83. The zero-order chi connectivity index (χ0) is 9.26. The maximum atomic E-state index is 11.1. The monoisotopic (exact) mass is 177 g/mol. The third-order valence-corrected chi connectivity index (χ3v) is 1.78. The minimum atomic E-state index is -1.02. The third kappa shape index (κ3) is 1.26. The molecule has 1 aromatic rings. The van der Waals surface area contributed by atoms with Crippen molar-refractivity contribution in [1.82, 2.24) is 0 Å². The Labute approximate surface area is 74.5 Å². The smallest absolute Gasteiger partial charge is 0.273 e. The van der Waals surface area contributed by atoms with Gasteiger partial charge in [-0.15, -0.1) is 0 Å². The van der Waals surface area contributed by atoms with E-state index in [4.69, 9.17) is 4.74 Å². The summed E-state index contributed by atoms with van der Waals surface area (Å²) in [7, 11) is 0. The van der Waals surface area contributed by atoms with Gasteiger partial charge in [0, 0.05) is 0 Å². The topological polar surface area (TPSA) is 55.4 Å². The highest BCUT2D eigenvalue weighted by Crippen LogP contribution is 2.27. The van der Waals surface area contributed by atoms with Crippen LogP contribution in [-0.4, -0.2) is 18.3 Å². The Morgan fingerprint density at radius 1 is 1.38 bits per heavy atom. The number of hydrogen-bond donors (Lipinski definition) is 1. The van der Waals surface area contributed by atoms with Crippen molar-refractivity contribution in [2.75, 3.05) is 5.32 Å². The van der Waals surface area contributed by atoms with Crippen LogP contribution in [0.4, 0.5) is 5.69 Å².